The van der Waals surface area contributed by atoms with Crippen LogP contribution in [-0.4, -0.2) is 57.2 Å². The maximum atomic E-state index is 12.0. The summed E-state index contributed by atoms with van der Waals surface area (Å²) in [5, 5.41) is 21.0. The molecule has 10 nitrogen and oxygen atoms in total. The molecular weight excluding hydrogens is 390 g/mol. The highest BCUT2D eigenvalue weighted by Gasteiger charge is 2.50. The van der Waals surface area contributed by atoms with Crippen molar-refractivity contribution in [2.75, 3.05) is 24.2 Å². The van der Waals surface area contributed by atoms with Gasteiger partial charge in [0.1, 0.15) is 11.3 Å². The number of nitrogens with zero attached hydrogens (tertiary/aromatic N) is 8. The standard InChI is InChI=1S/C18H21N9OS/c1-3-29(28)26-12-18(13-26,5-6-19)27-10-14(8-22-27)16-4-7-20-17(24-16)23-15-9-21-25(2)11-15/h4,7-11H,3,5,12-13H2,1-2H3,(H,20,23,24). The molecule has 3 aromatic rings. The van der Waals surface area contributed by atoms with Gasteiger partial charge in [-0.1, -0.05) is 0 Å². The van der Waals surface area contributed by atoms with E-state index in [-0.39, 0.29) is 0 Å². The molecule has 1 unspecified atom stereocenters. The van der Waals surface area contributed by atoms with Gasteiger partial charge >= 0.3 is 0 Å². The van der Waals surface area contributed by atoms with E-state index in [4.69, 9.17) is 0 Å². The molecule has 0 aliphatic carbocycles. The average Bonchev–Trinajstić information content (AvgIpc) is 3.33. The van der Waals surface area contributed by atoms with E-state index in [0.717, 1.165) is 16.9 Å². The number of hydrogen-bond acceptors (Lipinski definition) is 8. The van der Waals surface area contributed by atoms with Crippen LogP contribution < -0.4 is 5.32 Å². The van der Waals surface area contributed by atoms with Gasteiger partial charge in [-0.15, -0.1) is 4.31 Å². The zero-order valence-electron chi connectivity index (χ0n) is 16.2. The van der Waals surface area contributed by atoms with Crippen molar-refractivity contribution in [2.24, 2.45) is 7.05 Å². The van der Waals surface area contributed by atoms with Crippen LogP contribution in [0.2, 0.25) is 0 Å². The Labute approximate surface area is 171 Å². The zero-order chi connectivity index (χ0) is 20.4. The SMILES string of the molecule is CC[S+]([O-])N1CC(CC#N)(n2cc(-c3ccnc(Nc4cnn(C)c4)n3)cn2)C1. The number of hydrogen-bond donors (Lipinski definition) is 1. The summed E-state index contributed by atoms with van der Waals surface area (Å²) in [5.41, 5.74) is 1.89. The molecule has 1 aliphatic heterocycles. The fourth-order valence-electron chi connectivity index (χ4n) is 3.33. The molecule has 29 heavy (non-hydrogen) atoms. The summed E-state index contributed by atoms with van der Waals surface area (Å²) in [5.74, 6) is 1.03. The molecule has 0 aromatic carbocycles. The van der Waals surface area contributed by atoms with Gasteiger partial charge < -0.3 is 9.87 Å². The quantitative estimate of drug-likeness (QED) is 0.579. The summed E-state index contributed by atoms with van der Waals surface area (Å²) in [6.45, 7) is 2.97. The molecule has 0 spiro atoms. The van der Waals surface area contributed by atoms with Crippen LogP contribution in [0.25, 0.3) is 11.3 Å². The van der Waals surface area contributed by atoms with E-state index in [1.807, 2.05) is 41.4 Å². The minimum absolute atomic E-state index is 0.309. The minimum Gasteiger partial charge on any atom is -0.598 e. The van der Waals surface area contributed by atoms with Crippen LogP contribution in [0.1, 0.15) is 13.3 Å². The molecule has 1 saturated heterocycles. The Hall–Kier alpha value is -2.94. The summed E-state index contributed by atoms with van der Waals surface area (Å²) in [6, 6.07) is 4.06. The Morgan fingerprint density at radius 3 is 2.83 bits per heavy atom. The second kappa shape index (κ2) is 7.82. The van der Waals surface area contributed by atoms with Gasteiger partial charge in [0.2, 0.25) is 5.95 Å². The Morgan fingerprint density at radius 2 is 2.14 bits per heavy atom. The van der Waals surface area contributed by atoms with Gasteiger partial charge in [-0.05, 0) is 13.0 Å². The van der Waals surface area contributed by atoms with Gasteiger partial charge in [0.15, 0.2) is 0 Å². The van der Waals surface area contributed by atoms with Crippen molar-refractivity contribution in [1.29, 1.82) is 5.26 Å². The second-order valence-corrected chi connectivity index (χ2v) is 8.67. The summed E-state index contributed by atoms with van der Waals surface area (Å²) in [6.07, 6.45) is 9.14. The lowest BCUT2D eigenvalue weighted by atomic mass is 9.89. The molecule has 0 bridgehead atoms. The predicted octanol–water partition coefficient (Wildman–Crippen LogP) is 1.43. The van der Waals surface area contributed by atoms with Crippen molar-refractivity contribution in [2.45, 2.75) is 18.9 Å². The van der Waals surface area contributed by atoms with Gasteiger partial charge in [0.25, 0.3) is 0 Å². The van der Waals surface area contributed by atoms with E-state index in [2.05, 4.69) is 31.6 Å². The number of nitrogens with one attached hydrogen (secondary N) is 1. The highest BCUT2D eigenvalue weighted by Crippen LogP contribution is 2.35. The first-order valence-corrected chi connectivity index (χ1v) is 10.5. The molecule has 3 aromatic heterocycles. The van der Waals surface area contributed by atoms with Gasteiger partial charge in [-0.25, -0.2) is 9.97 Å². The van der Waals surface area contributed by atoms with Crippen molar-refractivity contribution >= 4 is 23.0 Å². The van der Waals surface area contributed by atoms with Crippen molar-refractivity contribution in [3.63, 3.8) is 0 Å². The normalized spacial score (nSPS) is 16.8. The molecule has 1 N–H and O–H groups in total. The molecule has 0 saturated carbocycles. The lowest BCUT2D eigenvalue weighted by molar-refractivity contribution is 0.0719. The highest BCUT2D eigenvalue weighted by molar-refractivity contribution is 7.89. The molecule has 150 valence electrons. The zero-order valence-corrected chi connectivity index (χ0v) is 17.0. The smallest absolute Gasteiger partial charge is 0.227 e. The number of aromatic nitrogens is 6. The van der Waals surface area contributed by atoms with Crippen molar-refractivity contribution < 1.29 is 4.55 Å². The monoisotopic (exact) mass is 411 g/mol. The van der Waals surface area contributed by atoms with Gasteiger partial charge in [0.05, 0.1) is 49.4 Å². The van der Waals surface area contributed by atoms with Crippen LogP contribution in [0.5, 0.6) is 0 Å². The first kappa shape index (κ1) is 19.4. The minimum atomic E-state index is -1.01. The highest BCUT2D eigenvalue weighted by atomic mass is 32.2. The van der Waals surface area contributed by atoms with E-state index < -0.39 is 16.9 Å². The molecule has 1 fully saturated rings. The lowest BCUT2D eigenvalue weighted by Gasteiger charge is -2.47. The van der Waals surface area contributed by atoms with Gasteiger partial charge in [-0.3, -0.25) is 9.36 Å². The molecule has 0 radical (unpaired) electrons. The van der Waals surface area contributed by atoms with E-state index in [1.54, 1.807) is 23.3 Å². The Morgan fingerprint density at radius 1 is 1.31 bits per heavy atom. The molecule has 1 atom stereocenters. The van der Waals surface area contributed by atoms with Crippen LogP contribution in [0, 0.1) is 11.3 Å². The van der Waals surface area contributed by atoms with Crippen molar-refractivity contribution in [1.82, 2.24) is 33.8 Å². The summed E-state index contributed by atoms with van der Waals surface area (Å²) in [4.78, 5) is 8.80. The number of aryl methyl sites for hydroxylation is 1. The van der Waals surface area contributed by atoms with Crippen LogP contribution in [0.4, 0.5) is 11.6 Å². The van der Waals surface area contributed by atoms with Crippen LogP contribution >= 0.6 is 0 Å². The molecule has 0 amide bonds. The Kier molecular flexibility index (Phi) is 5.23. The average molecular weight is 411 g/mol. The van der Waals surface area contributed by atoms with E-state index in [9.17, 15) is 9.81 Å². The summed E-state index contributed by atoms with van der Waals surface area (Å²) in [7, 11) is 1.84. The number of rotatable bonds is 7. The van der Waals surface area contributed by atoms with Gasteiger partial charge in [0, 0.05) is 42.6 Å². The van der Waals surface area contributed by atoms with E-state index >= 15 is 0 Å². The topological polar surface area (TPSA) is 124 Å². The fourth-order valence-corrected chi connectivity index (χ4v) is 4.46. The van der Waals surface area contributed by atoms with Crippen LogP contribution in [0.3, 0.4) is 0 Å². The third-order valence-corrected chi connectivity index (χ3v) is 6.19. The lowest BCUT2D eigenvalue weighted by Crippen LogP contribution is -2.64. The Bertz CT molecular complexity index is 1030. The number of nitriles is 1. The van der Waals surface area contributed by atoms with E-state index in [0.29, 0.717) is 31.2 Å². The third-order valence-electron chi connectivity index (χ3n) is 4.87. The summed E-state index contributed by atoms with van der Waals surface area (Å²) < 4.78 is 17.4. The molecule has 1 aliphatic rings. The molecule has 11 heteroatoms. The predicted molar refractivity (Wildman–Crippen MR) is 108 cm³/mol. The maximum Gasteiger partial charge on any atom is 0.227 e. The van der Waals surface area contributed by atoms with Crippen LogP contribution in [0.15, 0.2) is 37.1 Å². The van der Waals surface area contributed by atoms with E-state index in [1.165, 1.54) is 0 Å². The first-order chi connectivity index (χ1) is 14.0. The molecular formula is C18H21N9OS. The van der Waals surface area contributed by atoms with Crippen LogP contribution in [-0.2, 0) is 23.9 Å². The molecule has 4 heterocycles. The maximum absolute atomic E-state index is 12.0. The largest absolute Gasteiger partial charge is 0.598 e. The van der Waals surface area contributed by atoms with Crippen molar-refractivity contribution in [3.05, 3.63) is 37.1 Å². The fraction of sp³-hybridized carbons (Fsp3) is 0.389. The number of anilines is 2. The first-order valence-electron chi connectivity index (χ1n) is 9.17. The summed E-state index contributed by atoms with van der Waals surface area (Å²) >= 11 is -1.01. The third kappa shape index (κ3) is 3.82. The Balaban J connectivity index is 1.54. The van der Waals surface area contributed by atoms with Gasteiger partial charge in [-0.2, -0.15) is 15.5 Å². The second-order valence-electron chi connectivity index (χ2n) is 6.93. The molecule has 4 rings (SSSR count). The van der Waals surface area contributed by atoms with Crippen molar-refractivity contribution in [3.8, 4) is 17.3 Å².